The van der Waals surface area contributed by atoms with E-state index in [2.05, 4.69) is 24.9 Å². The van der Waals surface area contributed by atoms with E-state index in [1.54, 1.807) is 12.5 Å². The number of aryl methyl sites for hydroxylation is 4. The van der Waals surface area contributed by atoms with Crippen molar-refractivity contribution in [3.8, 4) is 11.5 Å². The Hall–Kier alpha value is -3.15. The van der Waals surface area contributed by atoms with E-state index < -0.39 is 0 Å². The van der Waals surface area contributed by atoms with Crippen LogP contribution in [0.1, 0.15) is 50.7 Å². The average Bonchev–Trinajstić information content (AvgIpc) is 3.50. The molecule has 0 spiro atoms. The topological polar surface area (TPSA) is 83.4 Å². The molecule has 0 radical (unpaired) electrons. The lowest BCUT2D eigenvalue weighted by molar-refractivity contribution is 0.574. The van der Waals surface area contributed by atoms with Crippen LogP contribution in [0.15, 0.2) is 59.6 Å². The number of nitrogens with zero attached hydrogens (tertiary/aromatic N) is 3. The van der Waals surface area contributed by atoms with Gasteiger partial charge < -0.3 is 14.4 Å². The zero-order valence-electron chi connectivity index (χ0n) is 18.9. The predicted molar refractivity (Wildman–Crippen MR) is 121 cm³/mol. The van der Waals surface area contributed by atoms with Gasteiger partial charge in [-0.25, -0.2) is 15.0 Å². The zero-order valence-corrected chi connectivity index (χ0v) is 18.9. The zero-order chi connectivity index (χ0) is 22.1. The summed E-state index contributed by atoms with van der Waals surface area (Å²) >= 11 is 0. The van der Waals surface area contributed by atoms with Crippen molar-refractivity contribution in [1.82, 2.24) is 24.9 Å². The molecule has 0 bridgehead atoms. The summed E-state index contributed by atoms with van der Waals surface area (Å²) in [6.45, 7) is 15.8. The van der Waals surface area contributed by atoms with E-state index in [0.29, 0.717) is 5.89 Å². The van der Waals surface area contributed by atoms with Crippen molar-refractivity contribution in [2.45, 2.75) is 55.4 Å². The second-order valence-corrected chi connectivity index (χ2v) is 5.51. The molecule has 3 aromatic heterocycles. The molecular formula is C23H35N5O. The molecule has 0 atom stereocenters. The molecule has 3 heterocycles. The van der Waals surface area contributed by atoms with E-state index in [1.807, 2.05) is 98.1 Å². The summed E-state index contributed by atoms with van der Waals surface area (Å²) in [5.74, 6) is 2.64. The SMILES string of the molecule is CC.CC.Cc1cnc(C)[nH]1.Cc1cnc(C)[nH]1.c1ccc(-c2ncco2)cc1. The molecule has 4 rings (SSSR count). The normalized spacial score (nSPS) is 8.69. The lowest BCUT2D eigenvalue weighted by Gasteiger charge is -1.91. The molecule has 0 fully saturated rings. The molecular weight excluding hydrogens is 362 g/mol. The number of rotatable bonds is 1. The van der Waals surface area contributed by atoms with Crippen molar-refractivity contribution in [2.75, 3.05) is 0 Å². The first-order valence-corrected chi connectivity index (χ1v) is 9.96. The summed E-state index contributed by atoms with van der Waals surface area (Å²) < 4.78 is 5.11. The lowest BCUT2D eigenvalue weighted by atomic mass is 10.2. The number of aromatic nitrogens is 5. The quantitative estimate of drug-likeness (QED) is 0.387. The third-order valence-corrected chi connectivity index (χ3v) is 3.11. The third-order valence-electron chi connectivity index (χ3n) is 3.11. The van der Waals surface area contributed by atoms with Gasteiger partial charge in [-0.1, -0.05) is 45.9 Å². The Morgan fingerprint density at radius 3 is 1.45 bits per heavy atom. The van der Waals surface area contributed by atoms with Crippen LogP contribution in [-0.4, -0.2) is 24.9 Å². The fourth-order valence-electron chi connectivity index (χ4n) is 2.03. The smallest absolute Gasteiger partial charge is 0.225 e. The Bertz CT molecular complexity index is 777. The summed E-state index contributed by atoms with van der Waals surface area (Å²) in [4.78, 5) is 18.0. The van der Waals surface area contributed by atoms with Gasteiger partial charge in [-0.2, -0.15) is 0 Å². The summed E-state index contributed by atoms with van der Waals surface area (Å²) in [5.41, 5.74) is 3.26. The van der Waals surface area contributed by atoms with Gasteiger partial charge in [0.15, 0.2) is 0 Å². The molecule has 6 heteroatoms. The number of imidazole rings is 2. The molecule has 158 valence electrons. The van der Waals surface area contributed by atoms with Crippen molar-refractivity contribution >= 4 is 0 Å². The summed E-state index contributed by atoms with van der Waals surface area (Å²) in [6.07, 6.45) is 6.84. The minimum Gasteiger partial charge on any atom is -0.445 e. The molecule has 0 saturated carbocycles. The highest BCUT2D eigenvalue weighted by Gasteiger charge is 1.97. The second kappa shape index (κ2) is 15.9. The van der Waals surface area contributed by atoms with Gasteiger partial charge in [0.05, 0.1) is 6.20 Å². The van der Waals surface area contributed by atoms with E-state index in [4.69, 9.17) is 4.42 Å². The number of benzene rings is 1. The van der Waals surface area contributed by atoms with Crippen molar-refractivity contribution in [3.63, 3.8) is 0 Å². The summed E-state index contributed by atoms with van der Waals surface area (Å²) in [6, 6.07) is 9.81. The van der Waals surface area contributed by atoms with Crippen LogP contribution in [-0.2, 0) is 0 Å². The first kappa shape index (κ1) is 25.9. The van der Waals surface area contributed by atoms with E-state index in [9.17, 15) is 0 Å². The minimum absolute atomic E-state index is 0.672. The molecule has 0 aliphatic heterocycles. The highest BCUT2D eigenvalue weighted by atomic mass is 16.3. The molecule has 0 unspecified atom stereocenters. The van der Waals surface area contributed by atoms with Crippen LogP contribution in [0.3, 0.4) is 0 Å². The highest BCUT2D eigenvalue weighted by molar-refractivity contribution is 5.51. The highest BCUT2D eigenvalue weighted by Crippen LogP contribution is 2.14. The van der Waals surface area contributed by atoms with E-state index >= 15 is 0 Å². The Morgan fingerprint density at radius 2 is 1.17 bits per heavy atom. The number of hydrogen-bond donors (Lipinski definition) is 2. The van der Waals surface area contributed by atoms with Crippen LogP contribution < -0.4 is 0 Å². The fourth-order valence-corrected chi connectivity index (χ4v) is 2.03. The maximum absolute atomic E-state index is 5.11. The number of H-pyrrole nitrogens is 2. The molecule has 0 aliphatic carbocycles. The molecule has 1 aromatic carbocycles. The van der Waals surface area contributed by atoms with Crippen LogP contribution in [0.5, 0.6) is 0 Å². The standard InChI is InChI=1S/C9H7NO.2C5H8N2.2C2H6/c1-2-4-8(5-3-1)9-10-6-7-11-9;2*1-4-3-6-5(2)7-4;2*1-2/h1-7H;2*3H,1-2H3,(H,6,7);2*1-2H3. The maximum Gasteiger partial charge on any atom is 0.225 e. The van der Waals surface area contributed by atoms with Crippen molar-refractivity contribution in [1.29, 1.82) is 0 Å². The van der Waals surface area contributed by atoms with Gasteiger partial charge in [-0.3, -0.25) is 0 Å². The number of oxazole rings is 1. The monoisotopic (exact) mass is 397 g/mol. The first-order valence-electron chi connectivity index (χ1n) is 9.96. The van der Waals surface area contributed by atoms with E-state index in [0.717, 1.165) is 28.6 Å². The Morgan fingerprint density at radius 1 is 0.690 bits per heavy atom. The van der Waals surface area contributed by atoms with Crippen molar-refractivity contribution < 1.29 is 4.42 Å². The average molecular weight is 398 g/mol. The number of nitrogens with one attached hydrogen (secondary N) is 2. The molecule has 0 saturated heterocycles. The molecule has 0 amide bonds. The van der Waals surface area contributed by atoms with Crippen LogP contribution in [0.25, 0.3) is 11.5 Å². The predicted octanol–water partition coefficient (Wildman–Crippen LogP) is 6.45. The van der Waals surface area contributed by atoms with Gasteiger partial charge in [0, 0.05) is 29.3 Å². The van der Waals surface area contributed by atoms with Gasteiger partial charge in [-0.15, -0.1) is 0 Å². The van der Waals surface area contributed by atoms with Gasteiger partial charge >= 0.3 is 0 Å². The van der Waals surface area contributed by atoms with Gasteiger partial charge in [-0.05, 0) is 39.8 Å². The number of hydrogen-bond acceptors (Lipinski definition) is 4. The Labute approximate surface area is 174 Å². The molecule has 4 aromatic rings. The van der Waals surface area contributed by atoms with Gasteiger partial charge in [0.1, 0.15) is 17.9 Å². The first-order chi connectivity index (χ1) is 14.0. The largest absolute Gasteiger partial charge is 0.445 e. The Kier molecular flexibility index (Phi) is 14.1. The molecule has 29 heavy (non-hydrogen) atoms. The summed E-state index contributed by atoms with van der Waals surface area (Å²) in [5, 5.41) is 0. The van der Waals surface area contributed by atoms with Crippen LogP contribution in [0, 0.1) is 27.7 Å². The van der Waals surface area contributed by atoms with Gasteiger partial charge in [0.2, 0.25) is 5.89 Å². The Balaban J connectivity index is 0.000000386. The number of aromatic amines is 2. The van der Waals surface area contributed by atoms with Crippen LogP contribution >= 0.6 is 0 Å². The molecule has 0 aliphatic rings. The van der Waals surface area contributed by atoms with Crippen LogP contribution in [0.2, 0.25) is 0 Å². The maximum atomic E-state index is 5.11. The molecule has 2 N–H and O–H groups in total. The van der Waals surface area contributed by atoms with E-state index in [-0.39, 0.29) is 0 Å². The fraction of sp³-hybridized carbons (Fsp3) is 0.348. The minimum atomic E-state index is 0.672. The van der Waals surface area contributed by atoms with E-state index in [1.165, 1.54) is 0 Å². The van der Waals surface area contributed by atoms with Crippen molar-refractivity contribution in [3.05, 3.63) is 78.2 Å². The van der Waals surface area contributed by atoms with Gasteiger partial charge in [0.25, 0.3) is 0 Å². The van der Waals surface area contributed by atoms with Crippen molar-refractivity contribution in [2.24, 2.45) is 0 Å². The second-order valence-electron chi connectivity index (χ2n) is 5.51. The summed E-state index contributed by atoms with van der Waals surface area (Å²) in [7, 11) is 0. The third kappa shape index (κ3) is 11.3. The molecule has 6 nitrogen and oxygen atoms in total. The lowest BCUT2D eigenvalue weighted by Crippen LogP contribution is -1.73. The van der Waals surface area contributed by atoms with Crippen LogP contribution in [0.4, 0.5) is 0 Å².